The van der Waals surface area contributed by atoms with E-state index in [1.165, 1.54) is 5.92 Å². The van der Waals surface area contributed by atoms with Crippen molar-refractivity contribution in [2.45, 2.75) is 20.8 Å². The van der Waals surface area contributed by atoms with Crippen molar-refractivity contribution in [1.82, 2.24) is 0 Å². The van der Waals surface area contributed by atoms with E-state index in [4.69, 9.17) is 0 Å². The van der Waals surface area contributed by atoms with Gasteiger partial charge < -0.3 is 5.32 Å². The molecule has 0 spiro atoms. The number of allylic oxidation sites excluding steroid dienone is 2. The Hall–Kier alpha value is -0.850. The zero-order chi connectivity index (χ0) is 7.61. The van der Waals surface area contributed by atoms with E-state index < -0.39 is 0 Å². The van der Waals surface area contributed by atoms with Gasteiger partial charge in [-0.2, -0.15) is 18.1 Å². The summed E-state index contributed by atoms with van der Waals surface area (Å²) in [7, 11) is 0. The Labute approximate surface area is 62.8 Å². The van der Waals surface area contributed by atoms with Crippen molar-refractivity contribution in [3.05, 3.63) is 35.8 Å². The van der Waals surface area contributed by atoms with Gasteiger partial charge in [0.25, 0.3) is 0 Å². The van der Waals surface area contributed by atoms with Gasteiger partial charge in [-0.15, -0.1) is 0 Å². The Bertz CT molecular complexity index is 148. The van der Waals surface area contributed by atoms with Crippen molar-refractivity contribution in [2.24, 2.45) is 5.41 Å². The quantitative estimate of drug-likeness (QED) is 0.453. The SMILES string of the molecule is CC(C)(C)[C-]1C=C[N-]C=C1. The first-order valence-corrected chi connectivity index (χ1v) is 3.51. The van der Waals surface area contributed by atoms with Crippen LogP contribution in [0.25, 0.3) is 5.32 Å². The van der Waals surface area contributed by atoms with Crippen LogP contribution in [0, 0.1) is 11.3 Å². The molecule has 0 atom stereocenters. The van der Waals surface area contributed by atoms with Crippen LogP contribution in [0.5, 0.6) is 0 Å². The van der Waals surface area contributed by atoms with Crippen LogP contribution in [0.3, 0.4) is 0 Å². The second-order valence-electron chi connectivity index (χ2n) is 3.49. The second kappa shape index (κ2) is 2.41. The molecule has 0 aliphatic carbocycles. The van der Waals surface area contributed by atoms with E-state index in [-0.39, 0.29) is 5.41 Å². The van der Waals surface area contributed by atoms with Gasteiger partial charge in [-0.05, 0) is 0 Å². The van der Waals surface area contributed by atoms with Gasteiger partial charge in [0.1, 0.15) is 0 Å². The predicted octanol–water partition coefficient (Wildman–Crippen LogP) is 3.02. The van der Waals surface area contributed by atoms with E-state index >= 15 is 0 Å². The Kier molecular flexibility index (Phi) is 1.75. The second-order valence-corrected chi connectivity index (χ2v) is 3.49. The van der Waals surface area contributed by atoms with Crippen molar-refractivity contribution >= 4 is 0 Å². The Morgan fingerprint density at radius 3 is 1.90 bits per heavy atom. The molecule has 1 aliphatic rings. The van der Waals surface area contributed by atoms with E-state index in [0.29, 0.717) is 0 Å². The maximum absolute atomic E-state index is 3.96. The summed E-state index contributed by atoms with van der Waals surface area (Å²) < 4.78 is 0. The first-order chi connectivity index (χ1) is 4.61. The predicted molar refractivity (Wildman–Crippen MR) is 44.3 cm³/mol. The monoisotopic (exact) mass is 135 g/mol. The largest absolute Gasteiger partial charge is 0.785 e. The molecule has 0 radical (unpaired) electrons. The third-order valence-electron chi connectivity index (χ3n) is 1.55. The summed E-state index contributed by atoms with van der Waals surface area (Å²) in [6.07, 6.45) is 7.78. The van der Waals surface area contributed by atoms with Crippen LogP contribution in [0.4, 0.5) is 0 Å². The molecule has 0 amide bonds. The van der Waals surface area contributed by atoms with Crippen molar-refractivity contribution in [3.8, 4) is 0 Å². The number of nitrogens with zero attached hydrogens (tertiary/aromatic N) is 1. The summed E-state index contributed by atoms with van der Waals surface area (Å²) in [5.74, 6) is 1.34. The van der Waals surface area contributed by atoms with Crippen LogP contribution >= 0.6 is 0 Å². The van der Waals surface area contributed by atoms with E-state index in [9.17, 15) is 0 Å². The minimum Gasteiger partial charge on any atom is -0.785 e. The summed E-state index contributed by atoms with van der Waals surface area (Å²) in [5, 5.41) is 3.96. The first kappa shape index (κ1) is 7.26. The lowest BCUT2D eigenvalue weighted by Crippen LogP contribution is -2.14. The normalized spacial score (nSPS) is 17.3. The molecule has 0 bridgehead atoms. The third kappa shape index (κ3) is 1.56. The maximum atomic E-state index is 3.96. The fourth-order valence-corrected chi connectivity index (χ4v) is 0.852. The smallest absolute Gasteiger partial charge is 0.0586 e. The molecule has 1 rings (SSSR count). The fraction of sp³-hybridized carbons (Fsp3) is 0.444. The van der Waals surface area contributed by atoms with Crippen molar-refractivity contribution in [3.63, 3.8) is 0 Å². The van der Waals surface area contributed by atoms with Crippen LogP contribution < -0.4 is 0 Å². The molecule has 0 aromatic heterocycles. The number of rotatable bonds is 0. The van der Waals surface area contributed by atoms with E-state index in [1.54, 1.807) is 0 Å². The van der Waals surface area contributed by atoms with Crippen LogP contribution in [-0.2, 0) is 0 Å². The first-order valence-electron chi connectivity index (χ1n) is 3.51. The molecular weight excluding hydrogens is 122 g/mol. The molecule has 1 aliphatic heterocycles. The van der Waals surface area contributed by atoms with Gasteiger partial charge in [-0.25, -0.2) is 0 Å². The molecule has 0 saturated carbocycles. The molecule has 0 aromatic rings. The number of hydrogen-bond acceptors (Lipinski definition) is 0. The van der Waals surface area contributed by atoms with Gasteiger partial charge >= 0.3 is 0 Å². The van der Waals surface area contributed by atoms with Gasteiger partial charge in [0.2, 0.25) is 0 Å². The Morgan fingerprint density at radius 1 is 1.10 bits per heavy atom. The van der Waals surface area contributed by atoms with Crippen molar-refractivity contribution in [2.75, 3.05) is 0 Å². The summed E-state index contributed by atoms with van der Waals surface area (Å²) >= 11 is 0. The average molecular weight is 135 g/mol. The molecular formula is C9H13N-2. The summed E-state index contributed by atoms with van der Waals surface area (Å²) in [6, 6.07) is 0. The highest BCUT2D eigenvalue weighted by atomic mass is 14.8. The highest BCUT2D eigenvalue weighted by molar-refractivity contribution is 5.37. The molecule has 1 heteroatoms. The van der Waals surface area contributed by atoms with Crippen LogP contribution in [-0.4, -0.2) is 0 Å². The highest BCUT2D eigenvalue weighted by Gasteiger charge is 2.11. The van der Waals surface area contributed by atoms with E-state index in [2.05, 4.69) is 38.2 Å². The van der Waals surface area contributed by atoms with E-state index in [1.807, 2.05) is 12.4 Å². The zero-order valence-electron chi connectivity index (χ0n) is 6.76. The lowest BCUT2D eigenvalue weighted by Gasteiger charge is -2.38. The minimum atomic E-state index is 0.253. The molecule has 1 heterocycles. The fourth-order valence-electron chi connectivity index (χ4n) is 0.852. The van der Waals surface area contributed by atoms with E-state index in [0.717, 1.165) is 0 Å². The van der Waals surface area contributed by atoms with Gasteiger partial charge in [0, 0.05) is 0 Å². The van der Waals surface area contributed by atoms with Crippen LogP contribution in [0.2, 0.25) is 0 Å². The molecule has 10 heavy (non-hydrogen) atoms. The molecule has 1 nitrogen and oxygen atoms in total. The molecule has 0 unspecified atom stereocenters. The topological polar surface area (TPSA) is 14.1 Å². The summed E-state index contributed by atoms with van der Waals surface area (Å²) in [6.45, 7) is 6.59. The molecule has 0 aromatic carbocycles. The maximum Gasteiger partial charge on any atom is -0.0586 e. The highest BCUT2D eigenvalue weighted by Crippen LogP contribution is 2.32. The van der Waals surface area contributed by atoms with Crippen molar-refractivity contribution < 1.29 is 0 Å². The Morgan fingerprint density at radius 2 is 1.60 bits per heavy atom. The van der Waals surface area contributed by atoms with Crippen molar-refractivity contribution in [1.29, 1.82) is 0 Å². The molecule has 0 N–H and O–H groups in total. The number of hydrogen-bond donors (Lipinski definition) is 0. The molecule has 0 fully saturated rings. The lowest BCUT2D eigenvalue weighted by atomic mass is 9.80. The zero-order valence-corrected chi connectivity index (χ0v) is 6.76. The minimum absolute atomic E-state index is 0.253. The Balaban J connectivity index is 2.64. The van der Waals surface area contributed by atoms with Gasteiger partial charge in [-0.3, -0.25) is 12.4 Å². The van der Waals surface area contributed by atoms with Gasteiger partial charge in [0.05, 0.1) is 0 Å². The van der Waals surface area contributed by atoms with Crippen LogP contribution in [0.1, 0.15) is 20.8 Å². The van der Waals surface area contributed by atoms with Crippen LogP contribution in [0.15, 0.2) is 24.6 Å². The standard InChI is InChI=1S/C9H13N/c1-9(2,3)8-4-6-10-7-5-8/h4-7H,1-3H3/q-2. The summed E-state index contributed by atoms with van der Waals surface area (Å²) in [5.41, 5.74) is 0.253. The molecule has 56 valence electrons. The van der Waals surface area contributed by atoms with Gasteiger partial charge in [0.15, 0.2) is 0 Å². The molecule has 0 saturated heterocycles. The third-order valence-corrected chi connectivity index (χ3v) is 1.55. The summed E-state index contributed by atoms with van der Waals surface area (Å²) in [4.78, 5) is 0. The lowest BCUT2D eigenvalue weighted by molar-refractivity contribution is 0.473. The average Bonchev–Trinajstić information content (AvgIpc) is 1.88. The van der Waals surface area contributed by atoms with Gasteiger partial charge in [-0.1, -0.05) is 26.2 Å².